The molecule has 6 heteroatoms. The molecule has 3 rings (SSSR count). The van der Waals surface area contributed by atoms with E-state index in [1.54, 1.807) is 0 Å². The molecule has 6 nitrogen and oxygen atoms in total. The highest BCUT2D eigenvalue weighted by Gasteiger charge is 2.32. The second kappa shape index (κ2) is 12.4. The van der Waals surface area contributed by atoms with Crippen LogP contribution in [0.4, 0.5) is 0 Å². The van der Waals surface area contributed by atoms with Crippen molar-refractivity contribution in [3.8, 4) is 11.5 Å². The highest BCUT2D eigenvalue weighted by molar-refractivity contribution is 5.76. The first kappa shape index (κ1) is 24.8. The fraction of sp³-hybridized carbons (Fsp3) is 0.731. The van der Waals surface area contributed by atoms with Gasteiger partial charge in [0.2, 0.25) is 5.91 Å². The van der Waals surface area contributed by atoms with Gasteiger partial charge in [-0.3, -0.25) is 9.69 Å². The maximum absolute atomic E-state index is 12.8. The zero-order valence-electron chi connectivity index (χ0n) is 20.1. The summed E-state index contributed by atoms with van der Waals surface area (Å²) in [5.41, 5.74) is 0.750. The Hall–Kier alpha value is -1.79. The Morgan fingerprint density at radius 3 is 2.50 bits per heavy atom. The van der Waals surface area contributed by atoms with Gasteiger partial charge in [-0.25, -0.2) is 0 Å². The predicted molar refractivity (Wildman–Crippen MR) is 127 cm³/mol. The van der Waals surface area contributed by atoms with E-state index in [0.29, 0.717) is 49.8 Å². The second-order valence-corrected chi connectivity index (χ2v) is 9.51. The van der Waals surface area contributed by atoms with Gasteiger partial charge in [0.15, 0.2) is 11.5 Å². The number of nitrogens with zero attached hydrogens (tertiary/aromatic N) is 1. The maximum atomic E-state index is 12.8. The Morgan fingerprint density at radius 2 is 1.78 bits per heavy atom. The van der Waals surface area contributed by atoms with Gasteiger partial charge in [-0.15, -0.1) is 0 Å². The number of carbonyl (C=O) groups is 1. The molecule has 2 aliphatic rings. The van der Waals surface area contributed by atoms with Crippen molar-refractivity contribution in [1.29, 1.82) is 0 Å². The number of rotatable bonds is 11. The zero-order valence-corrected chi connectivity index (χ0v) is 20.1. The van der Waals surface area contributed by atoms with Crippen LogP contribution in [0, 0.1) is 0 Å². The van der Waals surface area contributed by atoms with Crippen LogP contribution in [0.2, 0.25) is 0 Å². The summed E-state index contributed by atoms with van der Waals surface area (Å²) in [6, 6.07) is 6.10. The topological polar surface area (TPSA) is 71.0 Å². The highest BCUT2D eigenvalue weighted by Crippen LogP contribution is 2.34. The highest BCUT2D eigenvalue weighted by atomic mass is 16.6. The van der Waals surface area contributed by atoms with Gasteiger partial charge < -0.3 is 19.9 Å². The van der Waals surface area contributed by atoms with E-state index >= 15 is 0 Å². The molecule has 2 aliphatic heterocycles. The summed E-state index contributed by atoms with van der Waals surface area (Å²) in [5, 5.41) is 14.5. The lowest BCUT2D eigenvalue weighted by molar-refractivity contribution is -0.123. The van der Waals surface area contributed by atoms with Crippen LogP contribution in [0.15, 0.2) is 18.2 Å². The van der Waals surface area contributed by atoms with E-state index in [1.807, 2.05) is 18.2 Å². The van der Waals surface area contributed by atoms with Gasteiger partial charge in [0.1, 0.15) is 19.3 Å². The van der Waals surface area contributed by atoms with Crippen LogP contribution in [-0.4, -0.2) is 53.8 Å². The van der Waals surface area contributed by atoms with Crippen LogP contribution >= 0.6 is 0 Å². The number of amides is 1. The summed E-state index contributed by atoms with van der Waals surface area (Å²) < 4.78 is 11.3. The molecule has 0 spiro atoms. The molecule has 1 aromatic rings. The second-order valence-electron chi connectivity index (χ2n) is 9.51. The van der Waals surface area contributed by atoms with E-state index in [9.17, 15) is 9.90 Å². The maximum Gasteiger partial charge on any atom is 0.220 e. The van der Waals surface area contributed by atoms with E-state index in [-0.39, 0.29) is 11.9 Å². The first-order valence-corrected chi connectivity index (χ1v) is 12.6. The fourth-order valence-corrected chi connectivity index (χ4v) is 4.93. The molecule has 0 aliphatic carbocycles. The van der Waals surface area contributed by atoms with Gasteiger partial charge in [0, 0.05) is 25.0 Å². The number of hydrogen-bond acceptors (Lipinski definition) is 5. The smallest absolute Gasteiger partial charge is 0.220 e. The lowest BCUT2D eigenvalue weighted by Crippen LogP contribution is -2.53. The third-order valence-electron chi connectivity index (χ3n) is 6.93. The summed E-state index contributed by atoms with van der Waals surface area (Å²) in [6.07, 6.45) is 8.82. The molecule has 180 valence electrons. The van der Waals surface area contributed by atoms with E-state index in [1.165, 1.54) is 25.7 Å². The molecule has 1 amide bonds. The number of hydrogen-bond donors (Lipinski definition) is 2. The van der Waals surface area contributed by atoms with Crippen LogP contribution in [-0.2, 0) is 4.79 Å². The van der Waals surface area contributed by atoms with Crippen molar-refractivity contribution >= 4 is 5.91 Å². The van der Waals surface area contributed by atoms with Crippen molar-refractivity contribution in [3.05, 3.63) is 23.8 Å². The molecule has 1 fully saturated rings. The van der Waals surface area contributed by atoms with Crippen LogP contribution in [0.25, 0.3) is 0 Å². The number of carbonyl (C=O) groups excluding carboxylic acids is 1. The summed E-state index contributed by atoms with van der Waals surface area (Å²) >= 11 is 0. The van der Waals surface area contributed by atoms with Crippen molar-refractivity contribution in [2.45, 2.75) is 103 Å². The van der Waals surface area contributed by atoms with Gasteiger partial charge in [-0.2, -0.15) is 0 Å². The molecular formula is C26H42N2O4. The predicted octanol–water partition coefficient (Wildman–Crippen LogP) is 4.60. The Bertz CT molecular complexity index is 716. The summed E-state index contributed by atoms with van der Waals surface area (Å²) in [6.45, 7) is 8.38. The average Bonchev–Trinajstić information content (AvgIpc) is 2.80. The van der Waals surface area contributed by atoms with Gasteiger partial charge in [0.05, 0.1) is 6.04 Å². The van der Waals surface area contributed by atoms with Gasteiger partial charge in [0.25, 0.3) is 0 Å². The van der Waals surface area contributed by atoms with E-state index in [2.05, 4.69) is 31.0 Å². The molecule has 0 radical (unpaired) electrons. The largest absolute Gasteiger partial charge is 0.486 e. The molecular weight excluding hydrogens is 404 g/mol. The lowest BCUT2D eigenvalue weighted by atomic mass is 9.94. The third-order valence-corrected chi connectivity index (χ3v) is 6.93. The Kier molecular flexibility index (Phi) is 9.67. The first-order chi connectivity index (χ1) is 15.5. The zero-order chi connectivity index (χ0) is 22.9. The molecule has 1 saturated heterocycles. The molecule has 2 N–H and O–H groups in total. The monoisotopic (exact) mass is 446 g/mol. The van der Waals surface area contributed by atoms with Crippen LogP contribution < -0.4 is 14.8 Å². The average molecular weight is 447 g/mol. The number of fused-ring (bicyclic) bond motifs is 1. The van der Waals surface area contributed by atoms with Crippen molar-refractivity contribution in [3.63, 3.8) is 0 Å². The van der Waals surface area contributed by atoms with Gasteiger partial charge in [-0.1, -0.05) is 45.1 Å². The molecule has 0 aromatic heterocycles. The minimum Gasteiger partial charge on any atom is -0.486 e. The first-order valence-electron chi connectivity index (χ1n) is 12.6. The normalized spacial score (nSPS) is 22.9. The van der Waals surface area contributed by atoms with Crippen LogP contribution in [0.3, 0.4) is 0 Å². The molecule has 0 saturated carbocycles. The van der Waals surface area contributed by atoms with Crippen LogP contribution in [0.5, 0.6) is 11.5 Å². The Balaban J connectivity index is 1.69. The number of aliphatic hydroxyl groups excluding tert-OH is 1. The summed E-state index contributed by atoms with van der Waals surface area (Å²) in [7, 11) is 0. The van der Waals surface area contributed by atoms with Crippen molar-refractivity contribution < 1.29 is 19.4 Å². The minimum absolute atomic E-state index is 0.0282. The van der Waals surface area contributed by atoms with E-state index in [4.69, 9.17) is 9.47 Å². The number of unbranched alkanes of at least 4 members (excludes halogenated alkanes) is 4. The Morgan fingerprint density at radius 1 is 1.09 bits per heavy atom. The van der Waals surface area contributed by atoms with Crippen molar-refractivity contribution in [2.24, 2.45) is 0 Å². The number of nitrogens with one attached hydrogen (secondary N) is 1. The van der Waals surface area contributed by atoms with Gasteiger partial charge in [-0.05, 0) is 50.8 Å². The quantitative estimate of drug-likeness (QED) is 0.486. The molecule has 4 atom stereocenters. The summed E-state index contributed by atoms with van der Waals surface area (Å²) in [4.78, 5) is 15.2. The molecule has 0 bridgehead atoms. The SMILES string of the molecule is CCCCCCCC(=O)N[C@H](CN1C(C)CCCC1C)[C@H](O)c1ccc2c(c1)OCCO2. The van der Waals surface area contributed by atoms with Crippen molar-refractivity contribution in [1.82, 2.24) is 10.2 Å². The van der Waals surface area contributed by atoms with E-state index < -0.39 is 6.10 Å². The number of aliphatic hydroxyl groups is 1. The summed E-state index contributed by atoms with van der Waals surface area (Å²) in [5.74, 6) is 1.40. The Labute approximate surface area is 193 Å². The standard InChI is InChI=1S/C26H42N2O4/c1-4-5-6-7-8-12-25(29)27-22(18-28-19(2)10-9-11-20(28)3)26(30)21-13-14-23-24(17-21)32-16-15-31-23/h13-14,17,19-20,22,26,30H,4-12,15-16,18H2,1-3H3,(H,27,29)/t19?,20?,22-,26-/m1/s1. The molecule has 32 heavy (non-hydrogen) atoms. The van der Waals surface area contributed by atoms with Crippen LogP contribution in [0.1, 0.15) is 90.2 Å². The molecule has 2 unspecified atom stereocenters. The fourth-order valence-electron chi connectivity index (χ4n) is 4.93. The number of ether oxygens (including phenoxy) is 2. The minimum atomic E-state index is -0.809. The third kappa shape index (κ3) is 6.85. The molecule has 2 heterocycles. The van der Waals surface area contributed by atoms with Crippen molar-refractivity contribution in [2.75, 3.05) is 19.8 Å². The number of benzene rings is 1. The van der Waals surface area contributed by atoms with Gasteiger partial charge >= 0.3 is 0 Å². The molecule has 1 aromatic carbocycles. The van der Waals surface area contributed by atoms with E-state index in [0.717, 1.165) is 31.2 Å². The lowest BCUT2D eigenvalue weighted by Gasteiger charge is -2.42. The number of likely N-dealkylation sites (tertiary alicyclic amines) is 1. The number of piperidine rings is 1.